The van der Waals surface area contributed by atoms with Gasteiger partial charge in [-0.3, -0.25) is 4.98 Å². The minimum Gasteiger partial charge on any atom is -0.364 e. The number of fused-ring (bicyclic) bond motifs is 2. The highest BCUT2D eigenvalue weighted by Gasteiger charge is 2.17. The second kappa shape index (κ2) is 7.40. The largest absolute Gasteiger partial charge is 0.364 e. The van der Waals surface area contributed by atoms with Crippen LogP contribution in [0.15, 0.2) is 54.9 Å². The van der Waals surface area contributed by atoms with E-state index in [4.69, 9.17) is 9.97 Å². The summed E-state index contributed by atoms with van der Waals surface area (Å²) in [5.41, 5.74) is 5.64. The Hall–Kier alpha value is -3.25. The Morgan fingerprint density at radius 2 is 1.82 bits per heavy atom. The van der Waals surface area contributed by atoms with Crippen LogP contribution in [0.25, 0.3) is 22.3 Å². The predicted molar refractivity (Wildman–Crippen MR) is 111 cm³/mol. The number of H-pyrrole nitrogens is 1. The molecule has 4 aromatic rings. The van der Waals surface area contributed by atoms with Gasteiger partial charge < -0.3 is 15.6 Å². The van der Waals surface area contributed by atoms with Crippen molar-refractivity contribution in [2.45, 2.75) is 19.4 Å². The number of hydrogen-bond donors (Lipinski definition) is 3. The molecule has 0 bridgehead atoms. The Bertz CT molecular complexity index is 1070. The molecule has 140 valence electrons. The normalized spacial score (nSPS) is 13.9. The van der Waals surface area contributed by atoms with E-state index >= 15 is 0 Å². The fourth-order valence-electron chi connectivity index (χ4n) is 3.73. The van der Waals surface area contributed by atoms with E-state index in [1.807, 2.05) is 18.2 Å². The van der Waals surface area contributed by atoms with Crippen LogP contribution in [0.1, 0.15) is 17.0 Å². The van der Waals surface area contributed by atoms with E-state index in [9.17, 15) is 0 Å². The van der Waals surface area contributed by atoms with Gasteiger partial charge in [0.15, 0.2) is 5.82 Å². The SMILES string of the molecule is c1ccc2[nH]c(CNc3nc(-c4ccncc4)nc4c3CCNCC4)cc2c1. The predicted octanol–water partition coefficient (Wildman–Crippen LogP) is 3.32. The first-order valence-corrected chi connectivity index (χ1v) is 9.68. The zero-order valence-corrected chi connectivity index (χ0v) is 15.6. The van der Waals surface area contributed by atoms with Crippen molar-refractivity contribution in [2.75, 3.05) is 18.4 Å². The van der Waals surface area contributed by atoms with Gasteiger partial charge >= 0.3 is 0 Å². The number of aromatic nitrogens is 4. The van der Waals surface area contributed by atoms with E-state index in [1.54, 1.807) is 12.4 Å². The lowest BCUT2D eigenvalue weighted by molar-refractivity contribution is 0.708. The van der Waals surface area contributed by atoms with E-state index in [0.717, 1.165) is 60.0 Å². The number of para-hydroxylation sites is 1. The topological polar surface area (TPSA) is 78.5 Å². The molecule has 5 rings (SSSR count). The summed E-state index contributed by atoms with van der Waals surface area (Å²) in [6, 6.07) is 14.4. The maximum Gasteiger partial charge on any atom is 0.161 e. The van der Waals surface area contributed by atoms with Crippen molar-refractivity contribution < 1.29 is 0 Å². The van der Waals surface area contributed by atoms with Gasteiger partial charge in [0.1, 0.15) is 5.82 Å². The minimum absolute atomic E-state index is 0.696. The van der Waals surface area contributed by atoms with E-state index < -0.39 is 0 Å². The van der Waals surface area contributed by atoms with Gasteiger partial charge in [0.2, 0.25) is 0 Å². The van der Waals surface area contributed by atoms with Crippen LogP contribution in [0.4, 0.5) is 5.82 Å². The molecule has 0 spiro atoms. The molecule has 4 heterocycles. The number of pyridine rings is 1. The maximum atomic E-state index is 4.88. The summed E-state index contributed by atoms with van der Waals surface area (Å²) < 4.78 is 0. The molecule has 0 aliphatic carbocycles. The van der Waals surface area contributed by atoms with Gasteiger partial charge in [-0.25, -0.2) is 9.97 Å². The van der Waals surface area contributed by atoms with Gasteiger partial charge in [-0.05, 0) is 42.6 Å². The maximum absolute atomic E-state index is 4.88. The van der Waals surface area contributed by atoms with Crippen LogP contribution in [-0.2, 0) is 19.4 Å². The molecule has 28 heavy (non-hydrogen) atoms. The number of aromatic amines is 1. The monoisotopic (exact) mass is 370 g/mol. The molecule has 1 aliphatic rings. The van der Waals surface area contributed by atoms with Crippen molar-refractivity contribution in [3.05, 3.63) is 71.8 Å². The number of anilines is 1. The number of benzene rings is 1. The van der Waals surface area contributed by atoms with E-state index in [0.29, 0.717) is 6.54 Å². The molecule has 0 fully saturated rings. The van der Waals surface area contributed by atoms with E-state index in [1.165, 1.54) is 10.9 Å². The van der Waals surface area contributed by atoms with Crippen molar-refractivity contribution in [1.29, 1.82) is 0 Å². The Labute approximate surface area is 163 Å². The van der Waals surface area contributed by atoms with Crippen molar-refractivity contribution in [3.63, 3.8) is 0 Å². The molecule has 0 unspecified atom stereocenters. The average molecular weight is 370 g/mol. The molecule has 1 aliphatic heterocycles. The molecule has 0 amide bonds. The first kappa shape index (κ1) is 16.9. The Balaban J connectivity index is 1.49. The molecule has 6 heteroatoms. The molecule has 1 aromatic carbocycles. The molecule has 0 radical (unpaired) electrons. The summed E-state index contributed by atoms with van der Waals surface area (Å²) in [7, 11) is 0. The second-order valence-corrected chi connectivity index (χ2v) is 7.04. The van der Waals surface area contributed by atoms with Crippen LogP contribution < -0.4 is 10.6 Å². The van der Waals surface area contributed by atoms with Gasteiger partial charge in [0.25, 0.3) is 0 Å². The molecule has 0 saturated heterocycles. The van der Waals surface area contributed by atoms with Crippen LogP contribution in [0.5, 0.6) is 0 Å². The third-order valence-corrected chi connectivity index (χ3v) is 5.15. The smallest absolute Gasteiger partial charge is 0.161 e. The molecule has 0 saturated carbocycles. The third-order valence-electron chi connectivity index (χ3n) is 5.15. The van der Waals surface area contributed by atoms with Crippen molar-refractivity contribution in [2.24, 2.45) is 0 Å². The summed E-state index contributed by atoms with van der Waals surface area (Å²) >= 11 is 0. The van der Waals surface area contributed by atoms with Gasteiger partial charge in [-0.1, -0.05) is 18.2 Å². The van der Waals surface area contributed by atoms with Crippen molar-refractivity contribution in [3.8, 4) is 11.4 Å². The number of hydrogen-bond acceptors (Lipinski definition) is 5. The second-order valence-electron chi connectivity index (χ2n) is 7.04. The number of nitrogens with zero attached hydrogens (tertiary/aromatic N) is 3. The lowest BCUT2D eigenvalue weighted by atomic mass is 10.1. The summed E-state index contributed by atoms with van der Waals surface area (Å²) in [6.45, 7) is 2.59. The highest BCUT2D eigenvalue weighted by molar-refractivity contribution is 5.80. The molecule has 6 nitrogen and oxygen atoms in total. The zero-order chi connectivity index (χ0) is 18.8. The Kier molecular flexibility index (Phi) is 4.47. The van der Waals surface area contributed by atoms with Crippen LogP contribution in [0, 0.1) is 0 Å². The molecule has 3 N–H and O–H groups in total. The minimum atomic E-state index is 0.696. The van der Waals surface area contributed by atoms with Gasteiger partial charge in [0.05, 0.1) is 12.2 Å². The highest BCUT2D eigenvalue weighted by Crippen LogP contribution is 2.25. The zero-order valence-electron chi connectivity index (χ0n) is 15.6. The van der Waals surface area contributed by atoms with Crippen molar-refractivity contribution >= 4 is 16.7 Å². The Morgan fingerprint density at radius 3 is 2.71 bits per heavy atom. The Morgan fingerprint density at radius 1 is 0.964 bits per heavy atom. The fraction of sp³-hybridized carbons (Fsp3) is 0.227. The summed E-state index contributed by atoms with van der Waals surface area (Å²) in [5.74, 6) is 1.68. The summed E-state index contributed by atoms with van der Waals surface area (Å²) in [4.78, 5) is 17.3. The first-order valence-electron chi connectivity index (χ1n) is 9.68. The van der Waals surface area contributed by atoms with Gasteiger partial charge in [0, 0.05) is 47.7 Å². The van der Waals surface area contributed by atoms with Crippen LogP contribution in [0.3, 0.4) is 0 Å². The van der Waals surface area contributed by atoms with Crippen LogP contribution >= 0.6 is 0 Å². The lowest BCUT2D eigenvalue weighted by Gasteiger charge is -2.14. The molecule has 0 atom stereocenters. The van der Waals surface area contributed by atoms with E-state index in [-0.39, 0.29) is 0 Å². The van der Waals surface area contributed by atoms with Crippen LogP contribution in [-0.4, -0.2) is 33.0 Å². The first-order chi connectivity index (χ1) is 13.9. The summed E-state index contributed by atoms with van der Waals surface area (Å²) in [5, 5.41) is 8.25. The molecular weight excluding hydrogens is 348 g/mol. The van der Waals surface area contributed by atoms with Gasteiger partial charge in [-0.2, -0.15) is 0 Å². The lowest BCUT2D eigenvalue weighted by Crippen LogP contribution is -2.16. The fourth-order valence-corrected chi connectivity index (χ4v) is 3.73. The van der Waals surface area contributed by atoms with Crippen LogP contribution in [0.2, 0.25) is 0 Å². The quantitative estimate of drug-likeness (QED) is 0.514. The van der Waals surface area contributed by atoms with Crippen molar-refractivity contribution in [1.82, 2.24) is 25.3 Å². The average Bonchev–Trinajstić information content (AvgIpc) is 3.01. The van der Waals surface area contributed by atoms with Gasteiger partial charge in [-0.15, -0.1) is 0 Å². The number of nitrogens with one attached hydrogen (secondary N) is 3. The molecular formula is C22H22N6. The van der Waals surface area contributed by atoms with E-state index in [2.05, 4.69) is 44.9 Å². The standard InChI is InChI=1S/C22H22N6/c1-2-4-19-16(3-1)13-17(26-19)14-25-22-18-7-11-24-12-8-20(18)27-21(28-22)15-5-9-23-10-6-15/h1-6,9-10,13,24,26H,7-8,11-12,14H2,(H,25,27,28). The highest BCUT2D eigenvalue weighted by atomic mass is 15.1. The third kappa shape index (κ3) is 3.34. The summed E-state index contributed by atoms with van der Waals surface area (Å²) in [6.07, 6.45) is 5.41. The number of rotatable bonds is 4. The molecule has 3 aromatic heterocycles.